The van der Waals surface area contributed by atoms with Gasteiger partial charge < -0.3 is 37.0 Å². The molecule has 59 heavy (non-hydrogen) atoms. The molecule has 11 heteroatoms. The number of fused-ring (bicyclic) bond motifs is 1. The van der Waals surface area contributed by atoms with Crippen LogP contribution in [-0.4, -0.2) is 80.3 Å². The van der Waals surface area contributed by atoms with E-state index in [4.69, 9.17) is 37.0 Å². The molecule has 0 unspecified atom stereocenters. The Morgan fingerprint density at radius 1 is 0.576 bits per heavy atom. The van der Waals surface area contributed by atoms with E-state index < -0.39 is 37.0 Å². The van der Waals surface area contributed by atoms with Gasteiger partial charge in [-0.15, -0.1) is 0 Å². The average molecular weight is 877 g/mol. The number of hydrogen-bond acceptors (Lipinski definition) is 8. The zero-order valence-electron chi connectivity index (χ0n) is 41.1. The molecule has 3 heterocycles. The summed E-state index contributed by atoms with van der Waals surface area (Å²) < 4.78 is 57.0. The summed E-state index contributed by atoms with van der Waals surface area (Å²) in [5.41, 5.74) is 4.78. The summed E-state index contributed by atoms with van der Waals surface area (Å²) in [5.74, 6) is 0.0795. The first-order chi connectivity index (χ1) is 27.4. The standard InChI is InChI=1S/C48H88O8Si3/c1-30(2)57(31(3)4,32(5)6)50-29-43-44(56-59(36(13)14,37(15)16)38(17)18)42(55-58(33(7)8,34(9)10)35(11)12)27-40(51-43)26-41-45(49-28-39-24-22-21-23-25-39)46-47(52-41)54-48(19,20)53-46/h21-25,27,30-38,41-47H,26,28-29H2,1-20H3/t41-,42-,43-,44+,45+,46-,47-/m1/s1. The Hall–Kier alpha value is -0.869. The largest absolute Gasteiger partial charge is 0.490 e. The van der Waals surface area contributed by atoms with Crippen LogP contribution in [0.15, 0.2) is 42.2 Å². The van der Waals surface area contributed by atoms with Crippen molar-refractivity contribution in [3.8, 4) is 0 Å². The van der Waals surface area contributed by atoms with Gasteiger partial charge in [-0.25, -0.2) is 0 Å². The van der Waals surface area contributed by atoms with Crippen molar-refractivity contribution >= 4 is 25.0 Å². The topological polar surface area (TPSA) is 73.8 Å². The first-order valence-corrected chi connectivity index (χ1v) is 29.8. The van der Waals surface area contributed by atoms with Crippen LogP contribution in [0.5, 0.6) is 0 Å². The molecule has 0 radical (unpaired) electrons. The van der Waals surface area contributed by atoms with Crippen molar-refractivity contribution < 1.29 is 37.0 Å². The summed E-state index contributed by atoms with van der Waals surface area (Å²) in [6, 6.07) is 10.3. The van der Waals surface area contributed by atoms with Crippen LogP contribution in [0.3, 0.4) is 0 Å². The van der Waals surface area contributed by atoms with E-state index in [9.17, 15) is 0 Å². The number of ether oxygens (including phenoxy) is 5. The normalized spacial score (nSPS) is 26.8. The zero-order chi connectivity index (χ0) is 44.4. The highest BCUT2D eigenvalue weighted by atomic mass is 28.4. The highest BCUT2D eigenvalue weighted by Gasteiger charge is 2.58. The van der Waals surface area contributed by atoms with E-state index in [1.807, 2.05) is 32.0 Å². The van der Waals surface area contributed by atoms with Gasteiger partial charge in [-0.05, 0) is 75.4 Å². The Bertz CT molecular complexity index is 1410. The van der Waals surface area contributed by atoms with Crippen molar-refractivity contribution in [1.82, 2.24) is 0 Å². The highest BCUT2D eigenvalue weighted by Crippen LogP contribution is 2.50. The Balaban J connectivity index is 1.88. The van der Waals surface area contributed by atoms with Crippen molar-refractivity contribution in [3.63, 3.8) is 0 Å². The molecule has 0 N–H and O–H groups in total. The van der Waals surface area contributed by atoms with Crippen molar-refractivity contribution in [1.29, 1.82) is 0 Å². The fourth-order valence-corrected chi connectivity index (χ4v) is 28.7. The van der Waals surface area contributed by atoms with Crippen LogP contribution in [0.2, 0.25) is 49.9 Å². The summed E-state index contributed by atoms with van der Waals surface area (Å²) in [4.78, 5) is 0. The smallest absolute Gasteiger partial charge is 0.201 e. The maximum absolute atomic E-state index is 7.94. The minimum atomic E-state index is -2.43. The summed E-state index contributed by atoms with van der Waals surface area (Å²) >= 11 is 0. The molecule has 3 aliphatic heterocycles. The molecule has 0 aromatic heterocycles. The molecular formula is C48H88O8Si3. The van der Waals surface area contributed by atoms with Gasteiger partial charge in [-0.3, -0.25) is 0 Å². The Morgan fingerprint density at radius 2 is 1.05 bits per heavy atom. The van der Waals surface area contributed by atoms with Crippen molar-refractivity contribution in [2.75, 3.05) is 6.61 Å². The second-order valence-electron chi connectivity index (χ2n) is 21.3. The monoisotopic (exact) mass is 877 g/mol. The van der Waals surface area contributed by atoms with Crippen molar-refractivity contribution in [3.05, 3.63) is 47.7 Å². The molecule has 8 nitrogen and oxygen atoms in total. The van der Waals surface area contributed by atoms with Gasteiger partial charge in [-0.1, -0.05) is 155 Å². The summed E-state index contributed by atoms with van der Waals surface area (Å²) in [6.45, 7) is 47.4. The van der Waals surface area contributed by atoms with Crippen LogP contribution in [0, 0.1) is 0 Å². The molecule has 4 rings (SSSR count). The molecule has 0 aliphatic carbocycles. The van der Waals surface area contributed by atoms with Crippen LogP contribution in [0.1, 0.15) is 150 Å². The van der Waals surface area contributed by atoms with Crippen LogP contribution in [0.25, 0.3) is 0 Å². The lowest BCUT2D eigenvalue weighted by atomic mass is 10.0. The van der Waals surface area contributed by atoms with Gasteiger partial charge in [0.15, 0.2) is 12.1 Å². The van der Waals surface area contributed by atoms with Crippen LogP contribution >= 0.6 is 0 Å². The van der Waals surface area contributed by atoms with Gasteiger partial charge in [0.05, 0.1) is 31.2 Å². The molecule has 1 aromatic rings. The lowest BCUT2D eigenvalue weighted by molar-refractivity contribution is -0.220. The molecule has 0 spiro atoms. The van der Waals surface area contributed by atoms with E-state index >= 15 is 0 Å². The van der Waals surface area contributed by atoms with Crippen LogP contribution in [0.4, 0.5) is 0 Å². The zero-order valence-corrected chi connectivity index (χ0v) is 44.1. The molecule has 2 saturated heterocycles. The van der Waals surface area contributed by atoms with Gasteiger partial charge in [0.25, 0.3) is 0 Å². The van der Waals surface area contributed by atoms with Crippen molar-refractivity contribution in [2.45, 2.75) is 250 Å². The average Bonchev–Trinajstić information content (AvgIpc) is 3.58. The summed E-state index contributed by atoms with van der Waals surface area (Å²) in [7, 11) is -7.14. The van der Waals surface area contributed by atoms with Crippen LogP contribution < -0.4 is 0 Å². The van der Waals surface area contributed by atoms with E-state index in [0.717, 1.165) is 11.3 Å². The molecular weight excluding hydrogens is 789 g/mol. The molecule has 340 valence electrons. The Kier molecular flexibility index (Phi) is 17.5. The third-order valence-electron chi connectivity index (χ3n) is 14.4. The van der Waals surface area contributed by atoms with Gasteiger partial charge in [0, 0.05) is 6.42 Å². The first kappa shape index (κ1) is 50.8. The maximum atomic E-state index is 7.94. The lowest BCUT2D eigenvalue weighted by Crippen LogP contribution is -2.61. The highest BCUT2D eigenvalue weighted by molar-refractivity contribution is 6.78. The molecule has 0 amide bonds. The fraction of sp³-hybridized carbons (Fsp3) is 0.833. The van der Waals surface area contributed by atoms with E-state index in [2.05, 4.69) is 143 Å². The first-order valence-electron chi connectivity index (χ1n) is 23.4. The van der Waals surface area contributed by atoms with Gasteiger partial charge >= 0.3 is 0 Å². The third-order valence-corrected chi connectivity index (χ3v) is 32.7. The minimum absolute atomic E-state index is 0.321. The second kappa shape index (κ2) is 20.3. The molecule has 0 saturated carbocycles. The van der Waals surface area contributed by atoms with Gasteiger partial charge in [0.1, 0.15) is 24.4 Å². The predicted octanol–water partition coefficient (Wildman–Crippen LogP) is 13.4. The van der Waals surface area contributed by atoms with Crippen molar-refractivity contribution in [2.24, 2.45) is 0 Å². The van der Waals surface area contributed by atoms with E-state index in [1.165, 1.54) is 0 Å². The van der Waals surface area contributed by atoms with Gasteiger partial charge in [0.2, 0.25) is 25.0 Å². The van der Waals surface area contributed by atoms with E-state index in [0.29, 0.717) is 69.5 Å². The molecule has 3 aliphatic rings. The third kappa shape index (κ3) is 10.6. The SMILES string of the molecule is CC(C)[Si](OC[C@H]1OC(C[C@H]2O[C@@H]3OC(C)(C)O[C@@H]3[C@H]2OCc2ccccc2)=C[C@@H](O[Si](C(C)C)(C(C)C)C(C)C)[C@@H]1O[Si](C(C)C)(C(C)C)C(C)C)(C(C)C)C(C)C. The summed E-state index contributed by atoms with van der Waals surface area (Å²) in [5, 5.41) is 0. The second-order valence-corrected chi connectivity index (χ2v) is 37.6. The quantitative estimate of drug-likeness (QED) is 0.113. The molecule has 1 aromatic carbocycles. The lowest BCUT2D eigenvalue weighted by Gasteiger charge is -2.52. The fourth-order valence-electron chi connectivity index (χ4n) is 12.2. The molecule has 0 bridgehead atoms. The number of benzene rings is 1. The minimum Gasteiger partial charge on any atom is -0.490 e. The number of rotatable bonds is 21. The predicted molar refractivity (Wildman–Crippen MR) is 250 cm³/mol. The summed E-state index contributed by atoms with van der Waals surface area (Å²) in [6.07, 6.45) is 0.113. The molecule has 2 fully saturated rings. The maximum Gasteiger partial charge on any atom is 0.201 e. The van der Waals surface area contributed by atoms with E-state index in [-0.39, 0.29) is 36.6 Å². The number of hydrogen-bond donors (Lipinski definition) is 0. The van der Waals surface area contributed by atoms with Gasteiger partial charge in [-0.2, -0.15) is 0 Å². The van der Waals surface area contributed by atoms with Crippen LogP contribution in [-0.2, 0) is 43.6 Å². The van der Waals surface area contributed by atoms with E-state index in [1.54, 1.807) is 0 Å². The molecule has 7 atom stereocenters. The Labute approximate surface area is 364 Å². The Morgan fingerprint density at radius 3 is 1.53 bits per heavy atom.